The first-order chi connectivity index (χ1) is 16.1. The number of carbonyl (C=O) groups excluding carboxylic acids is 1. The Hall–Kier alpha value is -3.62. The second kappa shape index (κ2) is 9.09. The van der Waals surface area contributed by atoms with Gasteiger partial charge in [0.05, 0.1) is 31.3 Å². The molecule has 33 heavy (non-hydrogen) atoms. The van der Waals surface area contributed by atoms with Gasteiger partial charge in [-0.1, -0.05) is 23.7 Å². The quantitative estimate of drug-likeness (QED) is 0.416. The molecular formula is C24H22ClN5O3. The molecule has 5 rings (SSSR count). The van der Waals surface area contributed by atoms with Crippen LogP contribution in [-0.2, 0) is 9.47 Å². The number of fused-ring (bicyclic) bond motifs is 1. The summed E-state index contributed by atoms with van der Waals surface area (Å²) in [5, 5.41) is 4.85. The number of esters is 1. The molecule has 2 N–H and O–H groups in total. The van der Waals surface area contributed by atoms with Crippen molar-refractivity contribution in [1.82, 2.24) is 15.0 Å². The number of nitrogens with zero attached hydrogens (tertiary/aromatic N) is 3. The van der Waals surface area contributed by atoms with E-state index in [9.17, 15) is 4.79 Å². The lowest BCUT2D eigenvalue weighted by Crippen LogP contribution is -2.37. The van der Waals surface area contributed by atoms with Crippen LogP contribution in [0.15, 0.2) is 54.7 Å². The van der Waals surface area contributed by atoms with Crippen molar-refractivity contribution in [2.75, 3.05) is 43.6 Å². The highest BCUT2D eigenvalue weighted by atomic mass is 35.5. The summed E-state index contributed by atoms with van der Waals surface area (Å²) in [6.07, 6.45) is 1.93. The molecule has 1 fully saturated rings. The van der Waals surface area contributed by atoms with Gasteiger partial charge in [0, 0.05) is 35.6 Å². The third kappa shape index (κ3) is 4.35. The van der Waals surface area contributed by atoms with E-state index >= 15 is 0 Å². The van der Waals surface area contributed by atoms with E-state index in [2.05, 4.69) is 15.2 Å². The lowest BCUT2D eigenvalue weighted by atomic mass is 10.1. The summed E-state index contributed by atoms with van der Waals surface area (Å²) < 4.78 is 10.3. The molecule has 0 unspecified atom stereocenters. The number of morpholine rings is 1. The van der Waals surface area contributed by atoms with Crippen LogP contribution >= 0.6 is 11.6 Å². The van der Waals surface area contributed by atoms with Crippen LogP contribution in [0, 0.1) is 0 Å². The van der Waals surface area contributed by atoms with Crippen LogP contribution in [0.1, 0.15) is 10.4 Å². The van der Waals surface area contributed by atoms with Crippen molar-refractivity contribution in [3.05, 3.63) is 65.3 Å². The van der Waals surface area contributed by atoms with Crippen LogP contribution in [0.25, 0.3) is 22.2 Å². The number of ether oxygens (including phenoxy) is 2. The minimum Gasteiger partial charge on any atom is -0.465 e. The Labute approximate surface area is 195 Å². The second-order valence-electron chi connectivity index (χ2n) is 7.60. The number of rotatable bonds is 5. The van der Waals surface area contributed by atoms with Gasteiger partial charge in [0.15, 0.2) is 0 Å². The molecular weight excluding hydrogens is 442 g/mol. The van der Waals surface area contributed by atoms with E-state index in [1.807, 2.05) is 30.5 Å². The average Bonchev–Trinajstić information content (AvgIpc) is 3.28. The Morgan fingerprint density at radius 2 is 1.94 bits per heavy atom. The predicted octanol–water partition coefficient (Wildman–Crippen LogP) is 4.65. The van der Waals surface area contributed by atoms with Gasteiger partial charge in [-0.3, -0.25) is 0 Å². The zero-order valence-electron chi connectivity index (χ0n) is 18.0. The highest BCUT2D eigenvalue weighted by Crippen LogP contribution is 2.36. The number of hydrogen-bond acceptors (Lipinski definition) is 7. The summed E-state index contributed by atoms with van der Waals surface area (Å²) in [6, 6.07) is 14.7. The molecule has 8 nitrogen and oxygen atoms in total. The Bertz CT molecular complexity index is 1300. The van der Waals surface area contributed by atoms with Crippen LogP contribution < -0.4 is 10.2 Å². The summed E-state index contributed by atoms with van der Waals surface area (Å²) in [4.78, 5) is 26.8. The minimum atomic E-state index is -0.381. The van der Waals surface area contributed by atoms with Crippen LogP contribution in [-0.4, -0.2) is 54.3 Å². The molecule has 2 aromatic heterocycles. The number of halogens is 1. The van der Waals surface area contributed by atoms with E-state index in [1.165, 1.54) is 7.11 Å². The third-order valence-electron chi connectivity index (χ3n) is 5.52. The zero-order chi connectivity index (χ0) is 22.8. The van der Waals surface area contributed by atoms with Gasteiger partial charge in [-0.25, -0.2) is 4.79 Å². The molecule has 1 aliphatic heterocycles. The molecule has 0 bridgehead atoms. The van der Waals surface area contributed by atoms with Crippen molar-refractivity contribution in [3.63, 3.8) is 0 Å². The highest BCUT2D eigenvalue weighted by molar-refractivity contribution is 6.31. The number of carbonyl (C=O) groups is 1. The largest absolute Gasteiger partial charge is 0.465 e. The van der Waals surface area contributed by atoms with Crippen molar-refractivity contribution in [2.24, 2.45) is 0 Å². The maximum absolute atomic E-state index is 11.7. The normalized spacial score (nSPS) is 13.8. The standard InChI is InChI=1S/C24H22ClN5O3/c1-32-23(31)15-5-7-18(8-6-15)27-24-28-21-20(22(29-24)30-9-11-33-12-10-30)19(14-26-21)16-3-2-4-17(25)13-16/h2-8,13-14H,9-12H2,1H3,(H2,26,27,28,29). The first-order valence-electron chi connectivity index (χ1n) is 10.6. The molecule has 0 amide bonds. The Kier molecular flexibility index (Phi) is 5.85. The molecule has 2 aromatic carbocycles. The maximum Gasteiger partial charge on any atom is 0.337 e. The van der Waals surface area contributed by atoms with E-state index in [0.29, 0.717) is 29.7 Å². The Morgan fingerprint density at radius 3 is 2.67 bits per heavy atom. The van der Waals surface area contributed by atoms with Crippen LogP contribution in [0.4, 0.5) is 17.5 Å². The molecule has 0 spiro atoms. The fourth-order valence-electron chi connectivity index (χ4n) is 3.89. The lowest BCUT2D eigenvalue weighted by molar-refractivity contribution is 0.0601. The van der Waals surface area contributed by atoms with Crippen LogP contribution in [0.3, 0.4) is 0 Å². The Balaban J connectivity index is 1.56. The SMILES string of the molecule is COC(=O)c1ccc(Nc2nc(N3CCOCC3)c3c(-c4cccc(Cl)c4)c[nH]c3n2)cc1. The summed E-state index contributed by atoms with van der Waals surface area (Å²) in [5.74, 6) is 0.899. The monoisotopic (exact) mass is 463 g/mol. The average molecular weight is 464 g/mol. The first-order valence-corrected chi connectivity index (χ1v) is 10.9. The number of H-pyrrole nitrogens is 1. The second-order valence-corrected chi connectivity index (χ2v) is 8.04. The predicted molar refractivity (Wildman–Crippen MR) is 128 cm³/mol. The molecule has 4 aromatic rings. The number of aromatic nitrogens is 3. The lowest BCUT2D eigenvalue weighted by Gasteiger charge is -2.28. The zero-order valence-corrected chi connectivity index (χ0v) is 18.7. The number of nitrogens with one attached hydrogen (secondary N) is 2. The van der Waals surface area contributed by atoms with Crippen LogP contribution in [0.5, 0.6) is 0 Å². The molecule has 1 aliphatic rings. The molecule has 1 saturated heterocycles. The van der Waals surface area contributed by atoms with Crippen LogP contribution in [0.2, 0.25) is 5.02 Å². The van der Waals surface area contributed by atoms with Crippen molar-refractivity contribution < 1.29 is 14.3 Å². The minimum absolute atomic E-state index is 0.381. The van der Waals surface area contributed by atoms with E-state index in [-0.39, 0.29) is 5.97 Å². The molecule has 0 saturated carbocycles. The van der Waals surface area contributed by atoms with E-state index in [4.69, 9.17) is 31.0 Å². The summed E-state index contributed by atoms with van der Waals surface area (Å²) in [5.41, 5.74) is 3.93. The molecule has 0 aliphatic carbocycles. The van der Waals surface area contributed by atoms with Gasteiger partial charge in [-0.15, -0.1) is 0 Å². The van der Waals surface area contributed by atoms with Crippen molar-refractivity contribution >= 4 is 46.1 Å². The molecule has 0 radical (unpaired) electrons. The van der Waals surface area contributed by atoms with Gasteiger partial charge in [0.1, 0.15) is 11.5 Å². The van der Waals surface area contributed by atoms with Gasteiger partial charge in [0.25, 0.3) is 0 Å². The van der Waals surface area contributed by atoms with Gasteiger partial charge in [-0.05, 0) is 42.0 Å². The van der Waals surface area contributed by atoms with Gasteiger partial charge in [0.2, 0.25) is 5.95 Å². The molecule has 9 heteroatoms. The summed E-state index contributed by atoms with van der Waals surface area (Å²) >= 11 is 6.25. The molecule has 168 valence electrons. The molecule has 3 heterocycles. The topological polar surface area (TPSA) is 92.4 Å². The fraction of sp³-hybridized carbons (Fsp3) is 0.208. The van der Waals surface area contributed by atoms with Gasteiger partial charge >= 0.3 is 5.97 Å². The first kappa shape index (κ1) is 21.2. The number of hydrogen-bond donors (Lipinski definition) is 2. The molecule has 0 atom stereocenters. The van der Waals surface area contributed by atoms with Gasteiger partial charge < -0.3 is 24.7 Å². The number of methoxy groups -OCH3 is 1. The smallest absolute Gasteiger partial charge is 0.337 e. The Morgan fingerprint density at radius 1 is 1.15 bits per heavy atom. The summed E-state index contributed by atoms with van der Waals surface area (Å²) in [6.45, 7) is 2.75. The fourth-order valence-corrected chi connectivity index (χ4v) is 4.08. The van der Waals surface area contributed by atoms with Crippen molar-refractivity contribution in [3.8, 4) is 11.1 Å². The third-order valence-corrected chi connectivity index (χ3v) is 5.76. The van der Waals surface area contributed by atoms with E-state index < -0.39 is 0 Å². The van der Waals surface area contributed by atoms with Crippen molar-refractivity contribution in [2.45, 2.75) is 0 Å². The highest BCUT2D eigenvalue weighted by Gasteiger charge is 2.21. The number of benzene rings is 2. The van der Waals surface area contributed by atoms with Gasteiger partial charge in [-0.2, -0.15) is 9.97 Å². The van der Waals surface area contributed by atoms with Crippen molar-refractivity contribution in [1.29, 1.82) is 0 Å². The maximum atomic E-state index is 11.7. The van der Waals surface area contributed by atoms with E-state index in [1.54, 1.807) is 24.3 Å². The summed E-state index contributed by atoms with van der Waals surface area (Å²) in [7, 11) is 1.36. The number of aromatic amines is 1. The van der Waals surface area contributed by atoms with E-state index in [0.717, 1.165) is 46.8 Å². The number of anilines is 3.